The first-order valence-electron chi connectivity index (χ1n) is 10.0. The Morgan fingerprint density at radius 2 is 1.52 bits per heavy atom. The molecule has 0 atom stereocenters. The number of rotatable bonds is 5. The van der Waals surface area contributed by atoms with Crippen molar-refractivity contribution in [3.63, 3.8) is 0 Å². The van der Waals surface area contributed by atoms with Gasteiger partial charge in [0, 0.05) is 36.4 Å². The van der Waals surface area contributed by atoms with Crippen molar-refractivity contribution in [3.8, 4) is 0 Å². The molecule has 0 fully saturated rings. The molecular weight excluding hydrogens is 360 g/mol. The Hall–Kier alpha value is -3.40. The quantitative estimate of drug-likeness (QED) is 0.647. The van der Waals surface area contributed by atoms with Crippen LogP contribution < -0.4 is 4.90 Å². The number of nitrogens with zero attached hydrogens (tertiary/aromatic N) is 2. The molecule has 0 aliphatic carbocycles. The molecule has 146 valence electrons. The molecule has 2 amide bonds. The lowest BCUT2D eigenvalue weighted by atomic mass is 10.1. The predicted molar refractivity (Wildman–Crippen MR) is 115 cm³/mol. The van der Waals surface area contributed by atoms with Crippen LogP contribution in [0.15, 0.2) is 78.9 Å². The number of hydrogen-bond donors (Lipinski definition) is 0. The summed E-state index contributed by atoms with van der Waals surface area (Å²) in [4.78, 5) is 29.5. The smallest absolute Gasteiger partial charge is 0.258 e. The molecule has 1 aliphatic heterocycles. The van der Waals surface area contributed by atoms with Gasteiger partial charge in [-0.05, 0) is 54.8 Å². The highest BCUT2D eigenvalue weighted by Gasteiger charge is 2.25. The first kappa shape index (κ1) is 18.9. The van der Waals surface area contributed by atoms with Gasteiger partial charge in [0.25, 0.3) is 11.8 Å². The van der Waals surface area contributed by atoms with Crippen molar-refractivity contribution < 1.29 is 9.59 Å². The second-order valence-corrected chi connectivity index (χ2v) is 7.22. The molecule has 0 aromatic heterocycles. The molecule has 3 aromatic rings. The summed E-state index contributed by atoms with van der Waals surface area (Å²) in [6.07, 6.45) is 0.878. The van der Waals surface area contributed by atoms with Crippen molar-refractivity contribution >= 4 is 17.5 Å². The lowest BCUT2D eigenvalue weighted by Gasteiger charge is -2.21. The minimum atomic E-state index is -0.0260. The molecule has 0 saturated carbocycles. The van der Waals surface area contributed by atoms with Crippen molar-refractivity contribution in [3.05, 3.63) is 101 Å². The summed E-state index contributed by atoms with van der Waals surface area (Å²) in [6, 6.07) is 25.0. The molecule has 0 saturated heterocycles. The average molecular weight is 384 g/mol. The molecular formula is C25H24N2O2. The highest BCUT2D eigenvalue weighted by molar-refractivity contribution is 6.07. The third-order valence-corrected chi connectivity index (χ3v) is 5.40. The number of para-hydroxylation sites is 1. The van der Waals surface area contributed by atoms with Crippen molar-refractivity contribution in [2.24, 2.45) is 0 Å². The van der Waals surface area contributed by atoms with Crippen LogP contribution in [0, 0.1) is 0 Å². The molecule has 0 radical (unpaired) electrons. The topological polar surface area (TPSA) is 40.6 Å². The van der Waals surface area contributed by atoms with E-state index >= 15 is 0 Å². The van der Waals surface area contributed by atoms with Crippen molar-refractivity contribution in [1.29, 1.82) is 0 Å². The zero-order valence-electron chi connectivity index (χ0n) is 16.5. The second-order valence-electron chi connectivity index (χ2n) is 7.22. The van der Waals surface area contributed by atoms with Crippen LogP contribution in [0.3, 0.4) is 0 Å². The van der Waals surface area contributed by atoms with Gasteiger partial charge in [-0.25, -0.2) is 0 Å². The van der Waals surface area contributed by atoms with E-state index in [1.54, 1.807) is 24.3 Å². The first-order chi connectivity index (χ1) is 14.2. The lowest BCUT2D eigenvalue weighted by molar-refractivity contribution is 0.0752. The Morgan fingerprint density at radius 3 is 2.24 bits per heavy atom. The number of fused-ring (bicyclic) bond motifs is 1. The summed E-state index contributed by atoms with van der Waals surface area (Å²) in [7, 11) is 0. The van der Waals surface area contributed by atoms with Gasteiger partial charge in [0.1, 0.15) is 0 Å². The Bertz CT molecular complexity index is 1010. The van der Waals surface area contributed by atoms with Crippen molar-refractivity contribution in [1.82, 2.24) is 4.90 Å². The molecule has 3 aromatic carbocycles. The van der Waals surface area contributed by atoms with Gasteiger partial charge in [0.05, 0.1) is 0 Å². The third-order valence-electron chi connectivity index (χ3n) is 5.40. The van der Waals surface area contributed by atoms with E-state index in [0.29, 0.717) is 30.8 Å². The Labute approximate surface area is 171 Å². The summed E-state index contributed by atoms with van der Waals surface area (Å²) in [6.45, 7) is 3.86. The van der Waals surface area contributed by atoms with Gasteiger partial charge in [-0.2, -0.15) is 0 Å². The largest absolute Gasteiger partial charge is 0.335 e. The molecule has 4 nitrogen and oxygen atoms in total. The lowest BCUT2D eigenvalue weighted by Crippen LogP contribution is -2.31. The van der Waals surface area contributed by atoms with E-state index in [2.05, 4.69) is 6.07 Å². The van der Waals surface area contributed by atoms with Crippen molar-refractivity contribution in [2.45, 2.75) is 19.9 Å². The molecule has 0 spiro atoms. The van der Waals surface area contributed by atoms with Crippen LogP contribution in [0.25, 0.3) is 0 Å². The van der Waals surface area contributed by atoms with Crippen LogP contribution in [0.5, 0.6) is 0 Å². The number of amides is 2. The Kier molecular flexibility index (Phi) is 5.43. The summed E-state index contributed by atoms with van der Waals surface area (Å²) in [5.74, 6) is -0.0487. The summed E-state index contributed by atoms with van der Waals surface area (Å²) < 4.78 is 0. The maximum atomic E-state index is 13.0. The maximum absolute atomic E-state index is 13.0. The van der Waals surface area contributed by atoms with Gasteiger partial charge >= 0.3 is 0 Å². The fourth-order valence-corrected chi connectivity index (χ4v) is 3.77. The molecule has 1 aliphatic rings. The van der Waals surface area contributed by atoms with E-state index in [-0.39, 0.29) is 11.8 Å². The molecule has 0 N–H and O–H groups in total. The Balaban J connectivity index is 1.48. The van der Waals surface area contributed by atoms with E-state index in [1.165, 1.54) is 5.56 Å². The normalized spacial score (nSPS) is 12.5. The number of carbonyl (C=O) groups is 2. The van der Waals surface area contributed by atoms with Crippen LogP contribution in [0.2, 0.25) is 0 Å². The van der Waals surface area contributed by atoms with Gasteiger partial charge in [0.2, 0.25) is 0 Å². The molecule has 4 heteroatoms. The van der Waals surface area contributed by atoms with Crippen LogP contribution in [0.4, 0.5) is 5.69 Å². The monoisotopic (exact) mass is 384 g/mol. The number of hydrogen-bond acceptors (Lipinski definition) is 2. The second kappa shape index (κ2) is 8.31. The van der Waals surface area contributed by atoms with Crippen LogP contribution in [0.1, 0.15) is 38.8 Å². The zero-order chi connectivity index (χ0) is 20.2. The highest BCUT2D eigenvalue weighted by atomic mass is 16.2. The van der Waals surface area contributed by atoms with Crippen LogP contribution in [-0.4, -0.2) is 29.8 Å². The van der Waals surface area contributed by atoms with Crippen LogP contribution in [-0.2, 0) is 13.0 Å². The van der Waals surface area contributed by atoms with E-state index in [9.17, 15) is 9.59 Å². The summed E-state index contributed by atoms with van der Waals surface area (Å²) >= 11 is 0. The van der Waals surface area contributed by atoms with E-state index < -0.39 is 0 Å². The molecule has 1 heterocycles. The highest BCUT2D eigenvalue weighted by Crippen LogP contribution is 2.28. The maximum Gasteiger partial charge on any atom is 0.258 e. The van der Waals surface area contributed by atoms with E-state index in [4.69, 9.17) is 0 Å². The fraction of sp³-hybridized carbons (Fsp3) is 0.200. The number of carbonyl (C=O) groups excluding carboxylic acids is 2. The molecule has 4 rings (SSSR count). The summed E-state index contributed by atoms with van der Waals surface area (Å²) in [5.41, 5.74) is 4.48. The minimum absolute atomic E-state index is 0.0226. The number of anilines is 1. The fourth-order valence-electron chi connectivity index (χ4n) is 3.77. The standard InChI is InChI=1S/C25H24N2O2/c1-2-26(18-19-8-4-3-5-9-19)24(28)21-12-14-22(15-13-21)25(29)27-17-16-20-10-6-7-11-23(20)27/h3-15H,2,16-18H2,1H3. The van der Waals surface area contributed by atoms with Crippen molar-refractivity contribution in [2.75, 3.05) is 18.0 Å². The van der Waals surface area contributed by atoms with Gasteiger partial charge in [-0.15, -0.1) is 0 Å². The Morgan fingerprint density at radius 1 is 0.862 bits per heavy atom. The van der Waals surface area contributed by atoms with E-state index in [0.717, 1.165) is 17.7 Å². The minimum Gasteiger partial charge on any atom is -0.335 e. The number of benzene rings is 3. The van der Waals surface area contributed by atoms with Crippen LogP contribution >= 0.6 is 0 Å². The molecule has 29 heavy (non-hydrogen) atoms. The van der Waals surface area contributed by atoms with Gasteiger partial charge in [-0.3, -0.25) is 9.59 Å². The SMILES string of the molecule is CCN(Cc1ccccc1)C(=O)c1ccc(C(=O)N2CCc3ccccc32)cc1. The van der Waals surface area contributed by atoms with Gasteiger partial charge in [0.15, 0.2) is 0 Å². The predicted octanol–water partition coefficient (Wildman–Crippen LogP) is 4.55. The molecule has 0 unspecified atom stereocenters. The van der Waals surface area contributed by atoms with Gasteiger partial charge < -0.3 is 9.80 Å². The van der Waals surface area contributed by atoms with Gasteiger partial charge in [-0.1, -0.05) is 48.5 Å². The first-order valence-corrected chi connectivity index (χ1v) is 10.0. The zero-order valence-corrected chi connectivity index (χ0v) is 16.5. The van der Waals surface area contributed by atoms with E-state index in [1.807, 2.05) is 65.3 Å². The molecule has 0 bridgehead atoms. The third kappa shape index (κ3) is 3.92. The average Bonchev–Trinajstić information content (AvgIpc) is 3.21. The summed E-state index contributed by atoms with van der Waals surface area (Å²) in [5, 5.41) is 0.